The van der Waals surface area contributed by atoms with E-state index in [0.29, 0.717) is 18.8 Å². The van der Waals surface area contributed by atoms with Gasteiger partial charge in [0.25, 0.3) is 5.91 Å². The molecule has 0 bridgehead atoms. The van der Waals surface area contributed by atoms with Crippen LogP contribution < -0.4 is 20.6 Å². The highest BCUT2D eigenvalue weighted by molar-refractivity contribution is 5.83. The third kappa shape index (κ3) is 2.96. The molecule has 0 unspecified atom stereocenters. The second kappa shape index (κ2) is 6.01. The zero-order chi connectivity index (χ0) is 17.4. The van der Waals surface area contributed by atoms with Gasteiger partial charge < -0.3 is 24.9 Å². The topological polar surface area (TPSA) is 90.2 Å². The van der Waals surface area contributed by atoms with Crippen molar-refractivity contribution in [1.82, 2.24) is 15.3 Å². The molecule has 1 amide bonds. The van der Waals surface area contributed by atoms with E-state index in [-0.39, 0.29) is 11.6 Å². The van der Waals surface area contributed by atoms with Gasteiger partial charge in [0.15, 0.2) is 6.10 Å². The number of carbonyl (C=O) groups excluding carboxylic acids is 1. The second-order valence-electron chi connectivity index (χ2n) is 6.13. The van der Waals surface area contributed by atoms with E-state index in [0.717, 1.165) is 22.3 Å². The highest BCUT2D eigenvalue weighted by atomic mass is 16.5. The Morgan fingerprint density at radius 3 is 2.92 bits per heavy atom. The number of nitrogens with zero attached hydrogens (tertiary/aromatic N) is 1. The Kier molecular flexibility index (Phi) is 3.68. The number of aromatic amines is 2. The van der Waals surface area contributed by atoms with Crippen LogP contribution in [0.1, 0.15) is 5.56 Å². The molecule has 25 heavy (non-hydrogen) atoms. The van der Waals surface area contributed by atoms with Crippen molar-refractivity contribution in [3.63, 3.8) is 0 Å². The third-order valence-electron chi connectivity index (χ3n) is 4.32. The van der Waals surface area contributed by atoms with Crippen molar-refractivity contribution in [3.8, 4) is 5.75 Å². The lowest BCUT2D eigenvalue weighted by atomic mass is 10.1. The van der Waals surface area contributed by atoms with Gasteiger partial charge in [-0.25, -0.2) is 4.79 Å². The number of H-pyrrole nitrogens is 2. The summed E-state index contributed by atoms with van der Waals surface area (Å²) in [6.45, 7) is 0.861. The maximum Gasteiger partial charge on any atom is 0.323 e. The fourth-order valence-electron chi connectivity index (χ4n) is 3.04. The van der Waals surface area contributed by atoms with Gasteiger partial charge >= 0.3 is 5.69 Å². The lowest BCUT2D eigenvalue weighted by molar-refractivity contribution is -0.128. The van der Waals surface area contributed by atoms with Crippen molar-refractivity contribution in [1.29, 1.82) is 0 Å². The monoisotopic (exact) mass is 338 g/mol. The minimum Gasteiger partial charge on any atom is -0.477 e. The third-order valence-corrected chi connectivity index (χ3v) is 4.32. The van der Waals surface area contributed by atoms with E-state index in [4.69, 9.17) is 4.74 Å². The zero-order valence-electron chi connectivity index (χ0n) is 13.7. The van der Waals surface area contributed by atoms with Crippen LogP contribution in [0.5, 0.6) is 5.75 Å². The first-order valence-electron chi connectivity index (χ1n) is 8.05. The number of imidazole rings is 1. The molecule has 1 atom stereocenters. The number of nitrogens with one attached hydrogen (secondary N) is 3. The van der Waals surface area contributed by atoms with Crippen molar-refractivity contribution in [3.05, 3.63) is 58.5 Å². The maximum absolute atomic E-state index is 12.5. The average molecular weight is 338 g/mol. The number of rotatable bonds is 3. The van der Waals surface area contributed by atoms with Crippen molar-refractivity contribution in [2.75, 3.05) is 18.5 Å². The summed E-state index contributed by atoms with van der Waals surface area (Å²) in [5, 5.41) is 2.90. The lowest BCUT2D eigenvalue weighted by Crippen LogP contribution is -2.47. The van der Waals surface area contributed by atoms with Crippen molar-refractivity contribution in [2.45, 2.75) is 12.6 Å². The minimum atomic E-state index is -0.560. The number of benzene rings is 2. The summed E-state index contributed by atoms with van der Waals surface area (Å²) in [5.41, 5.74) is 3.11. The molecule has 0 spiro atoms. The van der Waals surface area contributed by atoms with Gasteiger partial charge in [0, 0.05) is 13.6 Å². The Morgan fingerprint density at radius 2 is 2.04 bits per heavy atom. The van der Waals surface area contributed by atoms with Gasteiger partial charge in [0.1, 0.15) is 5.75 Å². The van der Waals surface area contributed by atoms with Gasteiger partial charge in [-0.2, -0.15) is 0 Å². The summed E-state index contributed by atoms with van der Waals surface area (Å²) in [5.74, 6) is 0.548. The van der Waals surface area contributed by atoms with E-state index in [9.17, 15) is 9.59 Å². The molecular formula is C18H18N4O3. The SMILES string of the molecule is CN1C[C@@H](C(=O)NCc2ccc3[nH]c(=O)[nH]c3c2)Oc2ccccc21. The Bertz CT molecular complexity index is 991. The van der Waals surface area contributed by atoms with Crippen molar-refractivity contribution < 1.29 is 9.53 Å². The molecule has 1 aliphatic rings. The number of para-hydroxylation sites is 2. The predicted molar refractivity (Wildman–Crippen MR) is 94.9 cm³/mol. The van der Waals surface area contributed by atoms with E-state index in [2.05, 4.69) is 15.3 Å². The number of carbonyl (C=O) groups is 1. The molecule has 4 rings (SSSR count). The number of hydrogen-bond donors (Lipinski definition) is 3. The smallest absolute Gasteiger partial charge is 0.323 e. The van der Waals surface area contributed by atoms with Crippen molar-refractivity contribution in [2.24, 2.45) is 0 Å². The van der Waals surface area contributed by atoms with Gasteiger partial charge in [-0.15, -0.1) is 0 Å². The van der Waals surface area contributed by atoms with Gasteiger partial charge in [0.2, 0.25) is 0 Å². The summed E-state index contributed by atoms with van der Waals surface area (Å²) in [4.78, 5) is 31.2. The first-order valence-corrected chi connectivity index (χ1v) is 8.05. The zero-order valence-corrected chi connectivity index (χ0v) is 13.7. The van der Waals surface area contributed by atoms with Gasteiger partial charge in [-0.3, -0.25) is 4.79 Å². The van der Waals surface area contributed by atoms with Gasteiger partial charge in [0.05, 0.1) is 23.3 Å². The summed E-state index contributed by atoms with van der Waals surface area (Å²) < 4.78 is 5.82. The Hall–Kier alpha value is -3.22. The lowest BCUT2D eigenvalue weighted by Gasteiger charge is -2.32. The van der Waals surface area contributed by atoms with Gasteiger partial charge in [-0.1, -0.05) is 18.2 Å². The maximum atomic E-state index is 12.5. The van der Waals surface area contributed by atoms with E-state index in [1.54, 1.807) is 0 Å². The molecule has 0 saturated heterocycles. The Morgan fingerprint density at radius 1 is 1.24 bits per heavy atom. The molecule has 1 aromatic heterocycles. The van der Waals surface area contributed by atoms with E-state index < -0.39 is 6.10 Å². The molecule has 0 radical (unpaired) electrons. The quantitative estimate of drug-likeness (QED) is 0.673. The van der Waals surface area contributed by atoms with Crippen LogP contribution in [-0.4, -0.2) is 35.6 Å². The molecular weight excluding hydrogens is 320 g/mol. The largest absolute Gasteiger partial charge is 0.477 e. The van der Waals surface area contributed by atoms with Crippen LogP contribution in [0.25, 0.3) is 11.0 Å². The summed E-state index contributed by atoms with van der Waals surface area (Å²) in [6, 6.07) is 13.2. The molecule has 3 aromatic rings. The molecule has 7 heteroatoms. The van der Waals surface area contributed by atoms with Crippen LogP contribution in [0, 0.1) is 0 Å². The van der Waals surface area contributed by atoms with Crippen molar-refractivity contribution >= 4 is 22.6 Å². The van der Waals surface area contributed by atoms with Crippen LogP contribution in [0.4, 0.5) is 5.69 Å². The summed E-state index contributed by atoms with van der Waals surface area (Å²) in [6.07, 6.45) is -0.560. The molecule has 2 aromatic carbocycles. The van der Waals surface area contributed by atoms with Crippen LogP contribution in [-0.2, 0) is 11.3 Å². The molecule has 1 aliphatic heterocycles. The number of amides is 1. The number of anilines is 1. The molecule has 7 nitrogen and oxygen atoms in total. The molecule has 2 heterocycles. The fourth-order valence-corrected chi connectivity index (χ4v) is 3.04. The highest BCUT2D eigenvalue weighted by Crippen LogP contribution is 2.31. The number of hydrogen-bond acceptors (Lipinski definition) is 4. The molecule has 3 N–H and O–H groups in total. The second-order valence-corrected chi connectivity index (χ2v) is 6.13. The summed E-state index contributed by atoms with van der Waals surface area (Å²) in [7, 11) is 1.94. The van der Waals surface area contributed by atoms with Gasteiger partial charge in [-0.05, 0) is 29.8 Å². The molecule has 0 aliphatic carbocycles. The number of likely N-dealkylation sites (N-methyl/N-ethyl adjacent to an activating group) is 1. The molecule has 0 fully saturated rings. The standard InChI is InChI=1S/C18H18N4O3/c1-22-10-16(25-15-5-3-2-4-14(15)22)17(23)19-9-11-6-7-12-13(8-11)21-18(24)20-12/h2-8,16H,9-10H2,1H3,(H,19,23)(H2,20,21,24)/t16-/m0/s1. The number of ether oxygens (including phenoxy) is 1. The number of fused-ring (bicyclic) bond motifs is 2. The normalized spacial score (nSPS) is 16.4. The Balaban J connectivity index is 1.44. The van der Waals surface area contributed by atoms with Crippen LogP contribution >= 0.6 is 0 Å². The van der Waals surface area contributed by atoms with E-state index in [1.807, 2.05) is 54.4 Å². The van der Waals surface area contributed by atoms with Crippen LogP contribution in [0.15, 0.2) is 47.3 Å². The first-order chi connectivity index (χ1) is 12.1. The molecule has 0 saturated carbocycles. The van der Waals surface area contributed by atoms with Crippen LogP contribution in [0.2, 0.25) is 0 Å². The number of aromatic nitrogens is 2. The highest BCUT2D eigenvalue weighted by Gasteiger charge is 2.28. The predicted octanol–water partition coefficient (Wildman–Crippen LogP) is 1.37. The Labute approximate surface area is 143 Å². The minimum absolute atomic E-state index is 0.163. The van der Waals surface area contributed by atoms with E-state index >= 15 is 0 Å². The van der Waals surface area contributed by atoms with Crippen LogP contribution in [0.3, 0.4) is 0 Å². The molecule has 128 valence electrons. The van der Waals surface area contributed by atoms with E-state index in [1.165, 1.54) is 0 Å². The summed E-state index contributed by atoms with van der Waals surface area (Å²) >= 11 is 0. The average Bonchev–Trinajstić information content (AvgIpc) is 2.99. The fraction of sp³-hybridized carbons (Fsp3) is 0.222. The first kappa shape index (κ1) is 15.3.